The van der Waals surface area contributed by atoms with Gasteiger partial charge in [-0.25, -0.2) is 0 Å². The molecular weight excluding hydrogens is 380 g/mol. The lowest BCUT2D eigenvalue weighted by atomic mass is 10.0. The Labute approximate surface area is 167 Å². The third-order valence-corrected chi connectivity index (χ3v) is 5.61. The maximum atomic E-state index is 12.8. The Balaban J connectivity index is 1.41. The van der Waals surface area contributed by atoms with E-state index in [4.69, 9.17) is 11.6 Å². The molecule has 2 aliphatic rings. The summed E-state index contributed by atoms with van der Waals surface area (Å²) in [5, 5.41) is 20.5. The number of aromatic hydroxyl groups is 1. The summed E-state index contributed by atoms with van der Waals surface area (Å²) < 4.78 is 0. The number of amides is 2. The van der Waals surface area contributed by atoms with Crippen LogP contribution in [0.25, 0.3) is 11.1 Å². The summed E-state index contributed by atoms with van der Waals surface area (Å²) in [6, 6.07) is 12.0. The van der Waals surface area contributed by atoms with E-state index >= 15 is 0 Å². The highest BCUT2D eigenvalue weighted by atomic mass is 35.5. The largest absolute Gasteiger partial charge is 0.507 e. The molecule has 2 amide bonds. The van der Waals surface area contributed by atoms with Crippen LogP contribution >= 0.6 is 11.6 Å². The molecule has 0 unspecified atom stereocenters. The van der Waals surface area contributed by atoms with Gasteiger partial charge in [-0.3, -0.25) is 9.59 Å². The Morgan fingerprint density at radius 2 is 1.54 bits per heavy atom. The number of benzene rings is 2. The molecule has 2 aromatic carbocycles. The van der Waals surface area contributed by atoms with Crippen molar-refractivity contribution in [2.75, 3.05) is 26.2 Å². The van der Waals surface area contributed by atoms with E-state index in [1.807, 2.05) is 0 Å². The molecule has 1 heterocycles. The zero-order valence-corrected chi connectivity index (χ0v) is 16.0. The van der Waals surface area contributed by atoms with Crippen molar-refractivity contribution in [2.45, 2.75) is 18.4 Å². The number of aliphatic hydroxyl groups is 1. The molecule has 0 radical (unpaired) electrons. The second-order valence-electron chi connectivity index (χ2n) is 7.35. The number of rotatable bonds is 3. The first-order valence-electron chi connectivity index (χ1n) is 9.27. The van der Waals surface area contributed by atoms with E-state index in [1.165, 1.54) is 6.07 Å². The van der Waals surface area contributed by atoms with Crippen LogP contribution in [0.4, 0.5) is 0 Å². The van der Waals surface area contributed by atoms with Crippen LogP contribution in [0, 0.1) is 0 Å². The molecule has 2 fully saturated rings. The van der Waals surface area contributed by atoms with Gasteiger partial charge in [0.15, 0.2) is 0 Å². The van der Waals surface area contributed by atoms with Crippen LogP contribution in [0.2, 0.25) is 5.02 Å². The average molecular weight is 401 g/mol. The maximum absolute atomic E-state index is 12.8. The number of piperazine rings is 1. The van der Waals surface area contributed by atoms with E-state index in [9.17, 15) is 19.8 Å². The van der Waals surface area contributed by atoms with Crippen molar-refractivity contribution >= 4 is 23.4 Å². The molecule has 146 valence electrons. The van der Waals surface area contributed by atoms with Gasteiger partial charge < -0.3 is 20.0 Å². The van der Waals surface area contributed by atoms with Gasteiger partial charge in [-0.15, -0.1) is 0 Å². The minimum absolute atomic E-state index is 0.0877. The molecule has 1 saturated carbocycles. The monoisotopic (exact) mass is 400 g/mol. The number of carbonyl (C=O) groups excluding carboxylic acids is 2. The number of carbonyl (C=O) groups is 2. The lowest BCUT2D eigenvalue weighted by Gasteiger charge is -2.35. The van der Waals surface area contributed by atoms with Crippen LogP contribution in [0.15, 0.2) is 42.5 Å². The van der Waals surface area contributed by atoms with Gasteiger partial charge in [0.1, 0.15) is 11.4 Å². The average Bonchev–Trinajstić information content (AvgIpc) is 3.46. The highest BCUT2D eigenvalue weighted by Crippen LogP contribution is 2.37. The first-order valence-corrected chi connectivity index (χ1v) is 9.65. The molecule has 7 heteroatoms. The fourth-order valence-corrected chi connectivity index (χ4v) is 3.63. The van der Waals surface area contributed by atoms with E-state index in [2.05, 4.69) is 0 Å². The molecule has 28 heavy (non-hydrogen) atoms. The first-order chi connectivity index (χ1) is 13.4. The SMILES string of the molecule is O=C(c1ccc(-c2ccc(Cl)cc2O)cc1)N1CCN(C(=O)C2(O)CC2)CC1. The molecule has 0 bridgehead atoms. The van der Waals surface area contributed by atoms with E-state index in [0.717, 1.165) is 5.56 Å². The highest BCUT2D eigenvalue weighted by molar-refractivity contribution is 6.30. The maximum Gasteiger partial charge on any atom is 0.254 e. The minimum atomic E-state index is -1.16. The number of halogens is 1. The predicted molar refractivity (Wildman–Crippen MR) is 105 cm³/mol. The molecule has 0 atom stereocenters. The zero-order valence-electron chi connectivity index (χ0n) is 15.3. The fourth-order valence-electron chi connectivity index (χ4n) is 3.46. The molecule has 1 aliphatic carbocycles. The minimum Gasteiger partial charge on any atom is -0.507 e. The van der Waals surface area contributed by atoms with E-state index in [-0.39, 0.29) is 17.6 Å². The number of hydrogen-bond acceptors (Lipinski definition) is 4. The summed E-state index contributed by atoms with van der Waals surface area (Å²) >= 11 is 5.87. The zero-order chi connectivity index (χ0) is 19.9. The molecule has 1 saturated heterocycles. The number of nitrogens with zero attached hydrogens (tertiary/aromatic N) is 2. The summed E-state index contributed by atoms with van der Waals surface area (Å²) in [4.78, 5) is 28.3. The smallest absolute Gasteiger partial charge is 0.254 e. The predicted octanol–water partition coefficient (Wildman–Crippen LogP) is 2.52. The van der Waals surface area contributed by atoms with Crippen molar-refractivity contribution in [1.29, 1.82) is 0 Å². The number of phenols is 1. The van der Waals surface area contributed by atoms with Gasteiger partial charge in [0, 0.05) is 42.3 Å². The molecule has 4 rings (SSSR count). The van der Waals surface area contributed by atoms with Crippen molar-refractivity contribution in [2.24, 2.45) is 0 Å². The summed E-state index contributed by atoms with van der Waals surface area (Å²) in [5.74, 6) is -0.222. The summed E-state index contributed by atoms with van der Waals surface area (Å²) in [5.41, 5.74) is 0.833. The van der Waals surface area contributed by atoms with Crippen molar-refractivity contribution in [1.82, 2.24) is 9.80 Å². The van der Waals surface area contributed by atoms with Gasteiger partial charge in [0.2, 0.25) is 0 Å². The van der Waals surface area contributed by atoms with E-state index in [0.29, 0.717) is 55.2 Å². The summed E-state index contributed by atoms with van der Waals surface area (Å²) in [6.07, 6.45) is 1.06. The quantitative estimate of drug-likeness (QED) is 0.829. The molecule has 1 aliphatic heterocycles. The topological polar surface area (TPSA) is 81.1 Å². The molecule has 2 aromatic rings. The van der Waals surface area contributed by atoms with Crippen LogP contribution in [0.3, 0.4) is 0 Å². The molecule has 0 spiro atoms. The van der Waals surface area contributed by atoms with Gasteiger partial charge in [0.05, 0.1) is 0 Å². The summed E-state index contributed by atoms with van der Waals surface area (Å²) in [6.45, 7) is 1.76. The van der Waals surface area contributed by atoms with Crippen molar-refractivity contribution in [3.05, 3.63) is 53.1 Å². The fraction of sp³-hybridized carbons (Fsp3) is 0.333. The van der Waals surface area contributed by atoms with Gasteiger partial charge in [-0.05, 0) is 48.7 Å². The van der Waals surface area contributed by atoms with E-state index in [1.54, 1.807) is 46.2 Å². The lowest BCUT2D eigenvalue weighted by molar-refractivity contribution is -0.143. The first kappa shape index (κ1) is 18.8. The molecule has 2 N–H and O–H groups in total. The third kappa shape index (κ3) is 3.57. The molecular formula is C21H21ClN2O4. The van der Waals surface area contributed by atoms with Gasteiger partial charge in [-0.1, -0.05) is 23.7 Å². The second kappa shape index (κ2) is 7.11. The standard InChI is InChI=1S/C21H21ClN2O4/c22-16-5-6-17(18(25)13-16)14-1-3-15(4-2-14)19(26)23-9-11-24(12-10-23)20(27)21(28)7-8-21/h1-6,13,25,28H,7-12H2. The van der Waals surface area contributed by atoms with Crippen molar-refractivity contribution in [3.8, 4) is 16.9 Å². The Kier molecular flexibility index (Phi) is 4.77. The Morgan fingerprint density at radius 1 is 0.929 bits per heavy atom. The Morgan fingerprint density at radius 3 is 2.11 bits per heavy atom. The van der Waals surface area contributed by atoms with Crippen molar-refractivity contribution in [3.63, 3.8) is 0 Å². The van der Waals surface area contributed by atoms with Gasteiger partial charge in [-0.2, -0.15) is 0 Å². The van der Waals surface area contributed by atoms with Crippen molar-refractivity contribution < 1.29 is 19.8 Å². The molecule has 6 nitrogen and oxygen atoms in total. The Bertz CT molecular complexity index is 917. The number of hydrogen-bond donors (Lipinski definition) is 2. The lowest BCUT2D eigenvalue weighted by Crippen LogP contribution is -2.53. The normalized spacial score (nSPS) is 18.1. The van der Waals surface area contributed by atoms with Crippen LogP contribution in [0.1, 0.15) is 23.2 Å². The molecule has 0 aromatic heterocycles. The highest BCUT2D eigenvalue weighted by Gasteiger charge is 2.50. The van der Waals surface area contributed by atoms with Crippen LogP contribution in [-0.4, -0.2) is 63.6 Å². The van der Waals surface area contributed by atoms with Gasteiger partial charge >= 0.3 is 0 Å². The Hall–Kier alpha value is -2.57. The van der Waals surface area contributed by atoms with Crippen LogP contribution in [-0.2, 0) is 4.79 Å². The third-order valence-electron chi connectivity index (χ3n) is 5.38. The second-order valence-corrected chi connectivity index (χ2v) is 7.79. The number of phenolic OH excluding ortho intramolecular Hbond substituents is 1. The van der Waals surface area contributed by atoms with Gasteiger partial charge in [0.25, 0.3) is 11.8 Å². The van der Waals surface area contributed by atoms with E-state index < -0.39 is 5.60 Å². The van der Waals surface area contributed by atoms with Crippen LogP contribution < -0.4 is 0 Å². The summed E-state index contributed by atoms with van der Waals surface area (Å²) in [7, 11) is 0. The van der Waals surface area contributed by atoms with Crippen LogP contribution in [0.5, 0.6) is 5.75 Å².